The van der Waals surface area contributed by atoms with Gasteiger partial charge in [0.05, 0.1) is 0 Å². The molecule has 2 aromatic heterocycles. The molecule has 0 aliphatic carbocycles. The predicted octanol–water partition coefficient (Wildman–Crippen LogP) is 2.78. The van der Waals surface area contributed by atoms with E-state index >= 15 is 0 Å². The maximum absolute atomic E-state index is 12.6. The number of carbonyl (C=O) groups is 1. The number of carbonyl (C=O) groups excluding carboxylic acids is 1. The Bertz CT molecular complexity index is 668. The van der Waals surface area contributed by atoms with Crippen molar-refractivity contribution >= 4 is 11.6 Å². The number of hydrogen-bond donors (Lipinski definition) is 0. The van der Waals surface area contributed by atoms with Gasteiger partial charge in [0, 0.05) is 51.0 Å². The molecule has 3 heterocycles. The van der Waals surface area contributed by atoms with Crippen molar-refractivity contribution in [1.29, 1.82) is 0 Å². The van der Waals surface area contributed by atoms with E-state index in [-0.39, 0.29) is 5.91 Å². The first-order valence-corrected chi connectivity index (χ1v) is 8.59. The maximum atomic E-state index is 12.6. The molecular formula is C19H24N4O. The number of hydrogen-bond acceptors (Lipinski definition) is 4. The number of aromatic nitrogens is 2. The lowest BCUT2D eigenvalue weighted by molar-refractivity contribution is 0.0791. The zero-order chi connectivity index (χ0) is 16.8. The van der Waals surface area contributed by atoms with Crippen molar-refractivity contribution in [3.05, 3.63) is 54.1 Å². The summed E-state index contributed by atoms with van der Waals surface area (Å²) in [5.41, 5.74) is 2.81. The van der Waals surface area contributed by atoms with Crippen LogP contribution in [0, 0.1) is 0 Å². The van der Waals surface area contributed by atoms with Gasteiger partial charge in [-0.05, 0) is 55.5 Å². The number of piperidine rings is 1. The maximum Gasteiger partial charge on any atom is 0.272 e. The Hall–Kier alpha value is -2.43. The van der Waals surface area contributed by atoms with Crippen LogP contribution in [0.1, 0.15) is 35.3 Å². The molecule has 126 valence electrons. The minimum Gasteiger partial charge on any atom is -0.371 e. The summed E-state index contributed by atoms with van der Waals surface area (Å²) in [5.74, 6) is -0.0251. The number of likely N-dealkylation sites (N-methyl/N-ethyl adjacent to an activating group) is 1. The Labute approximate surface area is 143 Å². The average Bonchev–Trinajstić information content (AvgIpc) is 2.67. The third kappa shape index (κ3) is 4.10. The molecule has 1 fully saturated rings. The van der Waals surface area contributed by atoms with Gasteiger partial charge in [-0.1, -0.05) is 0 Å². The van der Waals surface area contributed by atoms with Crippen LogP contribution in [0.2, 0.25) is 0 Å². The van der Waals surface area contributed by atoms with E-state index in [0.29, 0.717) is 12.2 Å². The van der Waals surface area contributed by atoms with E-state index in [1.54, 1.807) is 23.5 Å². The van der Waals surface area contributed by atoms with Gasteiger partial charge in [-0.3, -0.25) is 14.8 Å². The van der Waals surface area contributed by atoms with E-state index in [2.05, 4.69) is 14.9 Å². The summed E-state index contributed by atoms with van der Waals surface area (Å²) in [4.78, 5) is 25.0. The van der Waals surface area contributed by atoms with Crippen LogP contribution in [0.3, 0.4) is 0 Å². The summed E-state index contributed by atoms with van der Waals surface area (Å²) in [6.45, 7) is 2.80. The van der Waals surface area contributed by atoms with Crippen LogP contribution in [-0.4, -0.2) is 47.5 Å². The van der Waals surface area contributed by atoms with Gasteiger partial charge < -0.3 is 9.80 Å². The molecule has 24 heavy (non-hydrogen) atoms. The van der Waals surface area contributed by atoms with Gasteiger partial charge in [-0.15, -0.1) is 0 Å². The normalized spacial score (nSPS) is 14.5. The minimum absolute atomic E-state index is 0.0251. The smallest absolute Gasteiger partial charge is 0.272 e. The third-order valence-electron chi connectivity index (χ3n) is 4.52. The molecule has 3 rings (SSSR count). The van der Waals surface area contributed by atoms with Gasteiger partial charge in [0.15, 0.2) is 0 Å². The summed E-state index contributed by atoms with van der Waals surface area (Å²) in [5, 5.41) is 0. The van der Waals surface area contributed by atoms with E-state index in [1.807, 2.05) is 31.3 Å². The summed E-state index contributed by atoms with van der Waals surface area (Å²) in [6.07, 6.45) is 9.85. The molecule has 0 atom stereocenters. The highest BCUT2D eigenvalue weighted by Gasteiger charge is 2.16. The van der Waals surface area contributed by atoms with Crippen molar-refractivity contribution in [2.24, 2.45) is 0 Å². The fourth-order valence-electron chi connectivity index (χ4n) is 3.03. The Morgan fingerprint density at radius 1 is 1.12 bits per heavy atom. The largest absolute Gasteiger partial charge is 0.371 e. The molecule has 1 aliphatic heterocycles. The molecule has 0 unspecified atom stereocenters. The highest BCUT2D eigenvalue weighted by atomic mass is 16.2. The van der Waals surface area contributed by atoms with Gasteiger partial charge in [0.1, 0.15) is 5.69 Å². The Balaban J connectivity index is 1.63. The standard InChI is InChI=1S/C19H24N4O/c1-22(14-8-16-5-9-20-10-6-16)19(24)18-15-17(7-11-21-18)23-12-3-2-4-13-23/h5-7,9-11,15H,2-4,8,12-14H2,1H3. The first-order valence-electron chi connectivity index (χ1n) is 8.59. The molecule has 1 saturated heterocycles. The summed E-state index contributed by atoms with van der Waals surface area (Å²) in [7, 11) is 1.83. The van der Waals surface area contributed by atoms with Gasteiger partial charge in [-0.2, -0.15) is 0 Å². The molecule has 0 radical (unpaired) electrons. The lowest BCUT2D eigenvalue weighted by Crippen LogP contribution is -2.31. The molecule has 0 aromatic carbocycles. The Morgan fingerprint density at radius 3 is 2.62 bits per heavy atom. The van der Waals surface area contributed by atoms with Crippen LogP contribution in [0.5, 0.6) is 0 Å². The van der Waals surface area contributed by atoms with Crippen LogP contribution >= 0.6 is 0 Å². The first-order chi connectivity index (χ1) is 11.7. The van der Waals surface area contributed by atoms with Crippen molar-refractivity contribution in [1.82, 2.24) is 14.9 Å². The highest BCUT2D eigenvalue weighted by Crippen LogP contribution is 2.20. The van der Waals surface area contributed by atoms with Gasteiger partial charge in [0.25, 0.3) is 5.91 Å². The zero-order valence-corrected chi connectivity index (χ0v) is 14.2. The van der Waals surface area contributed by atoms with E-state index in [4.69, 9.17) is 0 Å². The van der Waals surface area contributed by atoms with Gasteiger partial charge in [-0.25, -0.2) is 0 Å². The summed E-state index contributed by atoms with van der Waals surface area (Å²) < 4.78 is 0. The summed E-state index contributed by atoms with van der Waals surface area (Å²) >= 11 is 0. The Kier molecular flexibility index (Phi) is 5.41. The van der Waals surface area contributed by atoms with Gasteiger partial charge >= 0.3 is 0 Å². The zero-order valence-electron chi connectivity index (χ0n) is 14.2. The molecule has 0 bridgehead atoms. The number of pyridine rings is 2. The molecule has 0 spiro atoms. The predicted molar refractivity (Wildman–Crippen MR) is 95.2 cm³/mol. The molecule has 1 aliphatic rings. The van der Waals surface area contributed by atoms with Crippen molar-refractivity contribution in [3.8, 4) is 0 Å². The minimum atomic E-state index is -0.0251. The van der Waals surface area contributed by atoms with Crippen LogP contribution in [0.4, 0.5) is 5.69 Å². The summed E-state index contributed by atoms with van der Waals surface area (Å²) in [6, 6.07) is 7.89. The third-order valence-corrected chi connectivity index (χ3v) is 4.52. The van der Waals surface area contributed by atoms with E-state index in [0.717, 1.165) is 25.2 Å². The van der Waals surface area contributed by atoms with E-state index in [1.165, 1.54) is 24.8 Å². The highest BCUT2D eigenvalue weighted by molar-refractivity contribution is 5.93. The quantitative estimate of drug-likeness (QED) is 0.848. The van der Waals surface area contributed by atoms with Crippen molar-refractivity contribution < 1.29 is 4.79 Å². The van der Waals surface area contributed by atoms with Crippen molar-refractivity contribution in [2.45, 2.75) is 25.7 Å². The first kappa shape index (κ1) is 16.4. The molecular weight excluding hydrogens is 300 g/mol. The Morgan fingerprint density at radius 2 is 1.88 bits per heavy atom. The second-order valence-corrected chi connectivity index (χ2v) is 6.28. The van der Waals surface area contributed by atoms with Crippen LogP contribution < -0.4 is 4.90 Å². The topological polar surface area (TPSA) is 49.3 Å². The number of anilines is 1. The van der Waals surface area contributed by atoms with Crippen LogP contribution in [0.25, 0.3) is 0 Å². The van der Waals surface area contributed by atoms with Crippen LogP contribution in [-0.2, 0) is 6.42 Å². The monoisotopic (exact) mass is 324 g/mol. The number of nitrogens with zero attached hydrogens (tertiary/aromatic N) is 4. The SMILES string of the molecule is CN(CCc1ccncc1)C(=O)c1cc(N2CCCCC2)ccn1. The molecule has 5 heteroatoms. The van der Waals surface area contributed by atoms with E-state index in [9.17, 15) is 4.79 Å². The lowest BCUT2D eigenvalue weighted by Gasteiger charge is -2.29. The molecule has 2 aromatic rings. The number of amides is 1. The molecule has 0 N–H and O–H groups in total. The van der Waals surface area contributed by atoms with Gasteiger partial charge in [0.2, 0.25) is 0 Å². The second kappa shape index (κ2) is 7.90. The van der Waals surface area contributed by atoms with Crippen LogP contribution in [0.15, 0.2) is 42.9 Å². The molecule has 0 saturated carbocycles. The second-order valence-electron chi connectivity index (χ2n) is 6.28. The molecule has 5 nitrogen and oxygen atoms in total. The number of rotatable bonds is 5. The van der Waals surface area contributed by atoms with Crippen molar-refractivity contribution in [3.63, 3.8) is 0 Å². The molecule has 1 amide bonds. The fourth-order valence-corrected chi connectivity index (χ4v) is 3.03. The fraction of sp³-hybridized carbons (Fsp3) is 0.421. The average molecular weight is 324 g/mol. The lowest BCUT2D eigenvalue weighted by atomic mass is 10.1. The van der Waals surface area contributed by atoms with E-state index < -0.39 is 0 Å². The van der Waals surface area contributed by atoms with Crippen molar-refractivity contribution in [2.75, 3.05) is 31.6 Å².